The number of alkyl halides is 1. The van der Waals surface area contributed by atoms with Gasteiger partial charge in [0.15, 0.2) is 0 Å². The molecule has 0 aromatic carbocycles. The van der Waals surface area contributed by atoms with Gasteiger partial charge in [-0.3, -0.25) is 4.90 Å². The van der Waals surface area contributed by atoms with Crippen LogP contribution in [0.4, 0.5) is 4.39 Å². The third-order valence-corrected chi connectivity index (χ3v) is 4.49. The molecule has 86 valence electrons. The van der Waals surface area contributed by atoms with Crippen LogP contribution < -0.4 is 5.32 Å². The van der Waals surface area contributed by atoms with Gasteiger partial charge in [0.25, 0.3) is 0 Å². The van der Waals surface area contributed by atoms with Gasteiger partial charge in [-0.1, -0.05) is 0 Å². The van der Waals surface area contributed by atoms with Crippen LogP contribution in [0.2, 0.25) is 0 Å². The highest BCUT2D eigenvalue weighted by Crippen LogP contribution is 2.52. The fourth-order valence-electron chi connectivity index (χ4n) is 3.33. The molecule has 0 aromatic rings. The summed E-state index contributed by atoms with van der Waals surface area (Å²) >= 11 is 0. The molecule has 2 unspecified atom stereocenters. The summed E-state index contributed by atoms with van der Waals surface area (Å²) in [6.07, 6.45) is 5.82. The van der Waals surface area contributed by atoms with E-state index in [1.54, 1.807) is 0 Å². The van der Waals surface area contributed by atoms with Crippen molar-refractivity contribution in [3.63, 3.8) is 0 Å². The van der Waals surface area contributed by atoms with Crippen LogP contribution in [0.25, 0.3) is 0 Å². The van der Waals surface area contributed by atoms with E-state index in [1.807, 2.05) is 0 Å². The second-order valence-electron chi connectivity index (χ2n) is 5.65. The average molecular weight is 212 g/mol. The van der Waals surface area contributed by atoms with Crippen molar-refractivity contribution in [1.29, 1.82) is 0 Å². The lowest BCUT2D eigenvalue weighted by atomic mass is 9.91. The maximum Gasteiger partial charge on any atom is 0.128 e. The Morgan fingerprint density at radius 1 is 1.27 bits per heavy atom. The molecule has 1 saturated carbocycles. The predicted molar refractivity (Wildman–Crippen MR) is 58.6 cm³/mol. The van der Waals surface area contributed by atoms with Crippen molar-refractivity contribution in [3.8, 4) is 0 Å². The molecule has 0 amide bonds. The third-order valence-electron chi connectivity index (χ3n) is 4.49. The zero-order valence-corrected chi connectivity index (χ0v) is 9.34. The summed E-state index contributed by atoms with van der Waals surface area (Å²) in [6.45, 7) is 3.87. The van der Waals surface area contributed by atoms with Gasteiger partial charge in [-0.15, -0.1) is 0 Å². The first-order valence-corrected chi connectivity index (χ1v) is 6.38. The minimum absolute atomic E-state index is 0.212. The van der Waals surface area contributed by atoms with Crippen molar-refractivity contribution < 1.29 is 4.39 Å². The van der Waals surface area contributed by atoms with E-state index in [9.17, 15) is 4.39 Å². The number of hydrogen-bond donors (Lipinski definition) is 1. The fraction of sp³-hybridized carbons (Fsp3) is 1.00. The smallest absolute Gasteiger partial charge is 0.128 e. The minimum Gasteiger partial charge on any atom is -0.314 e. The highest BCUT2D eigenvalue weighted by Gasteiger charge is 2.47. The normalized spacial score (nSPS) is 40.6. The van der Waals surface area contributed by atoms with Gasteiger partial charge >= 0.3 is 0 Å². The van der Waals surface area contributed by atoms with Crippen LogP contribution >= 0.6 is 0 Å². The number of halogens is 1. The Morgan fingerprint density at radius 3 is 2.87 bits per heavy atom. The molecule has 2 atom stereocenters. The lowest BCUT2D eigenvalue weighted by molar-refractivity contribution is 0.0440. The number of nitrogens with zero attached hydrogens (tertiary/aromatic N) is 1. The third kappa shape index (κ3) is 1.92. The van der Waals surface area contributed by atoms with Gasteiger partial charge in [0.05, 0.1) is 0 Å². The molecule has 2 aliphatic heterocycles. The molecule has 1 N–H and O–H groups in total. The summed E-state index contributed by atoms with van der Waals surface area (Å²) in [5.74, 6) is 0. The molecule has 1 spiro atoms. The number of rotatable bonds is 1. The molecule has 2 heterocycles. The van der Waals surface area contributed by atoms with E-state index in [0.29, 0.717) is 12.0 Å². The van der Waals surface area contributed by atoms with Crippen LogP contribution in [0.1, 0.15) is 32.1 Å². The zero-order chi connectivity index (χ0) is 10.3. The van der Waals surface area contributed by atoms with Gasteiger partial charge in [-0.05, 0) is 50.6 Å². The van der Waals surface area contributed by atoms with Crippen molar-refractivity contribution in [2.24, 2.45) is 5.41 Å². The molecule has 3 heteroatoms. The van der Waals surface area contributed by atoms with Gasteiger partial charge in [0.1, 0.15) is 6.17 Å². The van der Waals surface area contributed by atoms with E-state index in [4.69, 9.17) is 0 Å². The molecule has 3 aliphatic rings. The van der Waals surface area contributed by atoms with Crippen LogP contribution in [0.5, 0.6) is 0 Å². The van der Waals surface area contributed by atoms with E-state index in [1.165, 1.54) is 32.2 Å². The first kappa shape index (κ1) is 10.0. The van der Waals surface area contributed by atoms with Crippen molar-refractivity contribution in [2.45, 2.75) is 44.3 Å². The molecular formula is C12H21FN2. The van der Waals surface area contributed by atoms with Gasteiger partial charge in [0.2, 0.25) is 0 Å². The Labute approximate surface area is 91.2 Å². The molecule has 0 bridgehead atoms. The second-order valence-corrected chi connectivity index (χ2v) is 5.65. The van der Waals surface area contributed by atoms with Crippen LogP contribution in [0.3, 0.4) is 0 Å². The summed E-state index contributed by atoms with van der Waals surface area (Å²) in [4.78, 5) is 2.45. The Balaban J connectivity index is 1.64. The Hall–Kier alpha value is -0.150. The lowest BCUT2D eigenvalue weighted by Gasteiger charge is -2.41. The Morgan fingerprint density at radius 2 is 2.13 bits per heavy atom. The van der Waals surface area contributed by atoms with Crippen LogP contribution in [-0.4, -0.2) is 43.3 Å². The van der Waals surface area contributed by atoms with Gasteiger partial charge in [-0.2, -0.15) is 0 Å². The predicted octanol–water partition coefficient (Wildman–Crippen LogP) is 1.56. The second kappa shape index (κ2) is 3.70. The molecule has 2 nitrogen and oxygen atoms in total. The SMILES string of the molecule is FC1CNCCC1N1CCCC2(CC2)C1. The van der Waals surface area contributed by atoms with Crippen molar-refractivity contribution in [2.75, 3.05) is 26.2 Å². The molecule has 0 radical (unpaired) electrons. The highest BCUT2D eigenvalue weighted by atomic mass is 19.1. The fourth-order valence-corrected chi connectivity index (χ4v) is 3.33. The van der Waals surface area contributed by atoms with E-state index < -0.39 is 6.17 Å². The molecule has 3 fully saturated rings. The van der Waals surface area contributed by atoms with Crippen molar-refractivity contribution in [1.82, 2.24) is 10.2 Å². The number of piperidine rings is 2. The topological polar surface area (TPSA) is 15.3 Å². The van der Waals surface area contributed by atoms with Crippen LogP contribution in [0.15, 0.2) is 0 Å². The lowest BCUT2D eigenvalue weighted by Crippen LogP contribution is -2.54. The summed E-state index contributed by atoms with van der Waals surface area (Å²) in [6, 6.07) is 0.212. The number of hydrogen-bond acceptors (Lipinski definition) is 2. The molecule has 3 rings (SSSR count). The first-order chi connectivity index (χ1) is 7.29. The van der Waals surface area contributed by atoms with E-state index in [0.717, 1.165) is 19.5 Å². The molecule has 2 saturated heterocycles. The summed E-state index contributed by atoms with van der Waals surface area (Å²) in [5.41, 5.74) is 0.628. The van der Waals surface area contributed by atoms with E-state index >= 15 is 0 Å². The highest BCUT2D eigenvalue weighted by molar-refractivity contribution is 5.00. The van der Waals surface area contributed by atoms with Crippen LogP contribution in [-0.2, 0) is 0 Å². The quantitative estimate of drug-likeness (QED) is 0.709. The first-order valence-electron chi connectivity index (χ1n) is 6.38. The Kier molecular flexibility index (Phi) is 2.48. The maximum atomic E-state index is 13.8. The Bertz CT molecular complexity index is 240. The molecule has 15 heavy (non-hydrogen) atoms. The summed E-state index contributed by atoms with van der Waals surface area (Å²) in [7, 11) is 0. The van der Waals surface area contributed by atoms with Crippen molar-refractivity contribution >= 4 is 0 Å². The largest absolute Gasteiger partial charge is 0.314 e. The summed E-state index contributed by atoms with van der Waals surface area (Å²) < 4.78 is 13.8. The van der Waals surface area contributed by atoms with E-state index in [2.05, 4.69) is 10.2 Å². The van der Waals surface area contributed by atoms with Gasteiger partial charge < -0.3 is 5.32 Å². The van der Waals surface area contributed by atoms with Crippen molar-refractivity contribution in [3.05, 3.63) is 0 Å². The minimum atomic E-state index is -0.646. The molecule has 1 aliphatic carbocycles. The summed E-state index contributed by atoms with van der Waals surface area (Å²) in [5, 5.41) is 3.14. The maximum absolute atomic E-state index is 13.8. The van der Waals surface area contributed by atoms with E-state index in [-0.39, 0.29) is 6.04 Å². The standard InChI is InChI=1S/C12H21FN2/c13-10-8-14-6-2-11(10)15-7-1-3-12(9-15)4-5-12/h10-11,14H,1-9H2. The average Bonchev–Trinajstić information content (AvgIpc) is 2.98. The number of likely N-dealkylation sites (tertiary alicyclic amines) is 1. The van der Waals surface area contributed by atoms with Gasteiger partial charge in [-0.25, -0.2) is 4.39 Å². The molecular weight excluding hydrogens is 191 g/mol. The molecule has 0 aromatic heterocycles. The zero-order valence-electron chi connectivity index (χ0n) is 9.34. The van der Waals surface area contributed by atoms with Crippen LogP contribution in [0, 0.1) is 5.41 Å². The number of nitrogens with one attached hydrogen (secondary N) is 1. The monoisotopic (exact) mass is 212 g/mol. The van der Waals surface area contributed by atoms with Gasteiger partial charge in [0, 0.05) is 19.1 Å².